The summed E-state index contributed by atoms with van der Waals surface area (Å²) in [5.74, 6) is 0.844. The molecule has 4 nitrogen and oxygen atoms in total. The van der Waals surface area contributed by atoms with Crippen LogP contribution in [-0.4, -0.2) is 28.2 Å². The van der Waals surface area contributed by atoms with Crippen molar-refractivity contribution in [2.24, 2.45) is 0 Å². The van der Waals surface area contributed by atoms with Gasteiger partial charge in [0.15, 0.2) is 0 Å². The van der Waals surface area contributed by atoms with Gasteiger partial charge in [-0.15, -0.1) is 0 Å². The normalized spacial score (nSPS) is 25.9. The molecular weight excluding hydrogens is 226 g/mol. The summed E-state index contributed by atoms with van der Waals surface area (Å²) in [5, 5.41) is 3.62. The lowest BCUT2D eigenvalue weighted by Crippen LogP contribution is -2.50. The zero-order chi connectivity index (χ0) is 12.4. The molecule has 1 unspecified atom stereocenters. The van der Waals surface area contributed by atoms with E-state index in [1.54, 1.807) is 0 Å². The summed E-state index contributed by atoms with van der Waals surface area (Å²) in [7, 11) is 0. The highest BCUT2D eigenvalue weighted by atomic mass is 16.5. The van der Waals surface area contributed by atoms with Gasteiger partial charge in [0.25, 0.3) is 0 Å². The third-order valence-electron chi connectivity index (χ3n) is 4.16. The fourth-order valence-electron chi connectivity index (χ4n) is 2.97. The van der Waals surface area contributed by atoms with Gasteiger partial charge in [-0.2, -0.15) is 0 Å². The van der Waals surface area contributed by atoms with Gasteiger partial charge in [0.1, 0.15) is 5.82 Å². The van der Waals surface area contributed by atoms with Gasteiger partial charge >= 0.3 is 0 Å². The second-order valence-corrected chi connectivity index (χ2v) is 5.55. The molecule has 1 atom stereocenters. The van der Waals surface area contributed by atoms with Crippen LogP contribution in [0.4, 0.5) is 0 Å². The first kappa shape index (κ1) is 12.1. The van der Waals surface area contributed by atoms with E-state index in [0.717, 1.165) is 37.5 Å². The fraction of sp³-hybridized carbons (Fsp3) is 0.714. The number of aryl methyl sites for hydroxylation is 1. The van der Waals surface area contributed by atoms with Crippen molar-refractivity contribution in [3.05, 3.63) is 23.8 Å². The molecule has 2 heterocycles. The molecule has 1 saturated carbocycles. The van der Waals surface area contributed by atoms with Gasteiger partial charge in [-0.1, -0.05) is 0 Å². The molecule has 1 saturated heterocycles. The first-order chi connectivity index (χ1) is 8.76. The summed E-state index contributed by atoms with van der Waals surface area (Å²) < 4.78 is 5.94. The second-order valence-electron chi connectivity index (χ2n) is 5.55. The maximum Gasteiger partial charge on any atom is 0.125 e. The van der Waals surface area contributed by atoms with Gasteiger partial charge in [-0.05, 0) is 45.1 Å². The Hall–Kier alpha value is -1.00. The molecule has 3 rings (SSSR count). The van der Waals surface area contributed by atoms with E-state index in [4.69, 9.17) is 4.74 Å². The molecule has 1 N–H and O–H groups in total. The standard InChI is InChI=1S/C14H21N3O/c1-11-15-7-3-13(17-11)10-16-12-4-8-18-14(9-12)5-2-6-14/h3,7,12,16H,2,4-6,8-10H2,1H3. The van der Waals surface area contributed by atoms with Gasteiger partial charge < -0.3 is 10.1 Å². The Balaban J connectivity index is 1.53. The van der Waals surface area contributed by atoms with Crippen LogP contribution in [0.5, 0.6) is 0 Å². The number of aromatic nitrogens is 2. The molecule has 1 aromatic heterocycles. The van der Waals surface area contributed by atoms with Crippen LogP contribution >= 0.6 is 0 Å². The molecule has 2 fully saturated rings. The maximum atomic E-state index is 5.94. The topological polar surface area (TPSA) is 47.0 Å². The van der Waals surface area contributed by atoms with Crippen LogP contribution in [-0.2, 0) is 11.3 Å². The first-order valence-electron chi connectivity index (χ1n) is 6.92. The van der Waals surface area contributed by atoms with E-state index in [1.807, 2.05) is 19.2 Å². The van der Waals surface area contributed by atoms with Crippen LogP contribution in [0.25, 0.3) is 0 Å². The van der Waals surface area contributed by atoms with Gasteiger partial charge in [0, 0.05) is 25.4 Å². The van der Waals surface area contributed by atoms with Crippen LogP contribution in [0.2, 0.25) is 0 Å². The van der Waals surface area contributed by atoms with Crippen molar-refractivity contribution in [3.63, 3.8) is 0 Å². The van der Waals surface area contributed by atoms with Crippen molar-refractivity contribution in [1.29, 1.82) is 0 Å². The average Bonchev–Trinajstić information content (AvgIpc) is 2.35. The summed E-state index contributed by atoms with van der Waals surface area (Å²) in [6, 6.07) is 2.56. The largest absolute Gasteiger partial charge is 0.375 e. The number of nitrogens with zero attached hydrogens (tertiary/aromatic N) is 2. The SMILES string of the molecule is Cc1nccc(CNC2CCOC3(CCC3)C2)n1. The van der Waals surface area contributed by atoms with Gasteiger partial charge in [-0.3, -0.25) is 0 Å². The first-order valence-corrected chi connectivity index (χ1v) is 6.92. The monoisotopic (exact) mass is 247 g/mol. The van der Waals surface area contributed by atoms with E-state index >= 15 is 0 Å². The molecule has 4 heteroatoms. The lowest BCUT2D eigenvalue weighted by molar-refractivity contribution is -0.135. The third-order valence-corrected chi connectivity index (χ3v) is 4.16. The molecule has 2 aliphatic rings. The number of rotatable bonds is 3. The summed E-state index contributed by atoms with van der Waals surface area (Å²) in [4.78, 5) is 8.54. The Morgan fingerprint density at radius 1 is 1.50 bits per heavy atom. The molecule has 18 heavy (non-hydrogen) atoms. The van der Waals surface area contributed by atoms with Crippen molar-refractivity contribution in [1.82, 2.24) is 15.3 Å². The van der Waals surface area contributed by atoms with Crippen LogP contribution in [0.1, 0.15) is 43.6 Å². The maximum absolute atomic E-state index is 5.94. The van der Waals surface area contributed by atoms with E-state index in [2.05, 4.69) is 15.3 Å². The van der Waals surface area contributed by atoms with Crippen molar-refractivity contribution < 1.29 is 4.74 Å². The minimum atomic E-state index is 0.220. The van der Waals surface area contributed by atoms with E-state index in [9.17, 15) is 0 Å². The van der Waals surface area contributed by atoms with E-state index in [-0.39, 0.29) is 5.60 Å². The smallest absolute Gasteiger partial charge is 0.125 e. The lowest BCUT2D eigenvalue weighted by atomic mass is 9.74. The number of hydrogen-bond acceptors (Lipinski definition) is 4. The zero-order valence-electron chi connectivity index (χ0n) is 11.0. The van der Waals surface area contributed by atoms with Gasteiger partial charge in [-0.25, -0.2) is 9.97 Å². The van der Waals surface area contributed by atoms with Crippen LogP contribution in [0, 0.1) is 6.92 Å². The molecule has 0 radical (unpaired) electrons. The Bertz CT molecular complexity index is 417. The molecule has 0 amide bonds. The predicted molar refractivity (Wildman–Crippen MR) is 69.2 cm³/mol. The van der Waals surface area contributed by atoms with Crippen molar-refractivity contribution in [2.75, 3.05) is 6.61 Å². The van der Waals surface area contributed by atoms with Crippen molar-refractivity contribution in [3.8, 4) is 0 Å². The average molecular weight is 247 g/mol. The fourth-order valence-corrected chi connectivity index (χ4v) is 2.97. The molecule has 0 bridgehead atoms. The summed E-state index contributed by atoms with van der Waals surface area (Å²) in [5.41, 5.74) is 1.30. The Kier molecular flexibility index (Phi) is 3.31. The lowest BCUT2D eigenvalue weighted by Gasteiger charge is -2.47. The Morgan fingerprint density at radius 2 is 2.39 bits per heavy atom. The van der Waals surface area contributed by atoms with Crippen molar-refractivity contribution in [2.45, 2.75) is 57.2 Å². The molecule has 98 valence electrons. The quantitative estimate of drug-likeness (QED) is 0.887. The Morgan fingerprint density at radius 3 is 3.11 bits per heavy atom. The minimum Gasteiger partial charge on any atom is -0.375 e. The molecule has 1 aliphatic heterocycles. The molecule has 1 aliphatic carbocycles. The van der Waals surface area contributed by atoms with E-state index in [0.29, 0.717) is 6.04 Å². The minimum absolute atomic E-state index is 0.220. The van der Waals surface area contributed by atoms with Gasteiger partial charge in [0.05, 0.1) is 11.3 Å². The second kappa shape index (κ2) is 4.94. The van der Waals surface area contributed by atoms with Crippen molar-refractivity contribution >= 4 is 0 Å². The van der Waals surface area contributed by atoms with Crippen LogP contribution in [0.15, 0.2) is 12.3 Å². The predicted octanol–water partition coefficient (Wildman–Crippen LogP) is 1.98. The molecule has 1 aromatic rings. The van der Waals surface area contributed by atoms with E-state index in [1.165, 1.54) is 19.3 Å². The molecular formula is C14H21N3O. The van der Waals surface area contributed by atoms with E-state index < -0.39 is 0 Å². The zero-order valence-corrected chi connectivity index (χ0v) is 11.0. The highest BCUT2D eigenvalue weighted by molar-refractivity contribution is 5.02. The number of ether oxygens (including phenoxy) is 1. The molecule has 1 spiro atoms. The van der Waals surface area contributed by atoms with Gasteiger partial charge in [0.2, 0.25) is 0 Å². The highest BCUT2D eigenvalue weighted by Gasteiger charge is 2.42. The third kappa shape index (κ3) is 2.54. The number of hydrogen-bond donors (Lipinski definition) is 1. The highest BCUT2D eigenvalue weighted by Crippen LogP contribution is 2.42. The van der Waals surface area contributed by atoms with Crippen LogP contribution < -0.4 is 5.32 Å². The Labute approximate surface area is 108 Å². The number of nitrogens with one attached hydrogen (secondary N) is 1. The van der Waals surface area contributed by atoms with Crippen LogP contribution in [0.3, 0.4) is 0 Å². The summed E-state index contributed by atoms with van der Waals surface area (Å²) in [6.45, 7) is 3.67. The summed E-state index contributed by atoms with van der Waals surface area (Å²) >= 11 is 0. The summed E-state index contributed by atoms with van der Waals surface area (Å²) in [6.07, 6.45) is 7.94. The molecule has 0 aromatic carbocycles.